The molecule has 4 rings (SSSR count). The van der Waals surface area contributed by atoms with Gasteiger partial charge in [-0.3, -0.25) is 14.3 Å². The minimum Gasteiger partial charge on any atom is -0.494 e. The Morgan fingerprint density at radius 3 is 2.62 bits per heavy atom. The lowest BCUT2D eigenvalue weighted by molar-refractivity contribution is 0.290. The van der Waals surface area contributed by atoms with Crippen LogP contribution < -0.4 is 10.3 Å². The fourth-order valence-corrected chi connectivity index (χ4v) is 4.97. The van der Waals surface area contributed by atoms with Crippen molar-refractivity contribution < 1.29 is 4.74 Å². The number of hydrogen-bond acceptors (Lipinski definition) is 5. The van der Waals surface area contributed by atoms with Gasteiger partial charge < -0.3 is 4.74 Å². The van der Waals surface area contributed by atoms with Crippen LogP contribution in [0.25, 0.3) is 10.2 Å². The summed E-state index contributed by atoms with van der Waals surface area (Å²) >= 11 is 7.54. The molecule has 1 aliphatic heterocycles. The molecule has 1 aromatic carbocycles. The fraction of sp³-hybridized carbons (Fsp3) is 0.455. The van der Waals surface area contributed by atoms with Gasteiger partial charge in [0.2, 0.25) is 0 Å². The van der Waals surface area contributed by atoms with E-state index in [2.05, 4.69) is 11.8 Å². The number of rotatable bonds is 7. The van der Waals surface area contributed by atoms with Crippen molar-refractivity contribution in [3.05, 3.63) is 55.9 Å². The highest BCUT2D eigenvalue weighted by atomic mass is 35.5. The molecule has 29 heavy (non-hydrogen) atoms. The molecule has 0 spiro atoms. The van der Waals surface area contributed by atoms with Gasteiger partial charge in [-0.1, -0.05) is 11.6 Å². The van der Waals surface area contributed by atoms with Gasteiger partial charge in [0.15, 0.2) is 0 Å². The van der Waals surface area contributed by atoms with E-state index in [9.17, 15) is 4.79 Å². The molecule has 1 fully saturated rings. The van der Waals surface area contributed by atoms with Crippen molar-refractivity contribution >= 4 is 33.2 Å². The number of nitrogens with zero attached hydrogens (tertiary/aromatic N) is 3. The second-order valence-electron chi connectivity index (χ2n) is 7.59. The van der Waals surface area contributed by atoms with Crippen LogP contribution in [-0.2, 0) is 13.1 Å². The molecular weight excluding hydrogens is 406 g/mol. The predicted octanol–water partition coefficient (Wildman–Crippen LogP) is 4.79. The molecule has 7 heteroatoms. The minimum absolute atomic E-state index is 0.0811. The quantitative estimate of drug-likeness (QED) is 0.504. The first-order valence-electron chi connectivity index (χ1n) is 10.1. The third kappa shape index (κ3) is 4.49. The Morgan fingerprint density at radius 2 is 1.90 bits per heavy atom. The van der Waals surface area contributed by atoms with Crippen molar-refractivity contribution in [1.82, 2.24) is 14.5 Å². The lowest BCUT2D eigenvalue weighted by Gasteiger charge is -2.18. The first-order chi connectivity index (χ1) is 14.0. The second kappa shape index (κ2) is 8.86. The predicted molar refractivity (Wildman–Crippen MR) is 119 cm³/mol. The third-order valence-corrected chi connectivity index (χ3v) is 6.89. The van der Waals surface area contributed by atoms with Crippen LogP contribution in [0.15, 0.2) is 29.1 Å². The van der Waals surface area contributed by atoms with Crippen LogP contribution in [-0.4, -0.2) is 34.1 Å². The van der Waals surface area contributed by atoms with Crippen molar-refractivity contribution in [3.63, 3.8) is 0 Å². The maximum atomic E-state index is 13.3. The Morgan fingerprint density at radius 1 is 1.17 bits per heavy atom. The molecule has 5 nitrogen and oxygen atoms in total. The highest BCUT2D eigenvalue weighted by Gasteiger charge is 2.19. The van der Waals surface area contributed by atoms with Crippen molar-refractivity contribution in [2.75, 3.05) is 19.7 Å². The van der Waals surface area contributed by atoms with E-state index in [4.69, 9.17) is 21.3 Å². The van der Waals surface area contributed by atoms with Crippen molar-refractivity contribution in [2.24, 2.45) is 0 Å². The Balaban J connectivity index is 1.54. The fourth-order valence-electron chi connectivity index (χ4n) is 3.80. The van der Waals surface area contributed by atoms with Gasteiger partial charge in [0.05, 0.1) is 18.5 Å². The zero-order valence-electron chi connectivity index (χ0n) is 16.9. The number of fused-ring (bicyclic) bond motifs is 1. The van der Waals surface area contributed by atoms with E-state index in [0.29, 0.717) is 18.2 Å². The normalized spacial score (nSPS) is 14.7. The molecule has 0 unspecified atom stereocenters. The number of ether oxygens (including phenoxy) is 1. The Bertz CT molecular complexity index is 1050. The maximum absolute atomic E-state index is 13.3. The molecule has 0 atom stereocenters. The van der Waals surface area contributed by atoms with Gasteiger partial charge in [-0.15, -0.1) is 11.3 Å². The summed E-state index contributed by atoms with van der Waals surface area (Å²) in [5, 5.41) is 1.47. The monoisotopic (exact) mass is 431 g/mol. The van der Waals surface area contributed by atoms with E-state index in [1.54, 1.807) is 11.3 Å². The lowest BCUT2D eigenvalue weighted by atomic mass is 10.2. The molecule has 3 aromatic rings. The van der Waals surface area contributed by atoms with Crippen molar-refractivity contribution in [2.45, 2.75) is 46.2 Å². The van der Waals surface area contributed by atoms with Gasteiger partial charge in [-0.05, 0) is 76.0 Å². The zero-order valence-corrected chi connectivity index (χ0v) is 18.5. The number of aryl methyl sites for hydroxylation is 2. The molecule has 0 N–H and O–H groups in total. The number of likely N-dealkylation sites (tertiary alicyclic amines) is 1. The molecular formula is C22H26ClN3O2S. The maximum Gasteiger partial charge on any atom is 0.262 e. The molecule has 154 valence electrons. The van der Waals surface area contributed by atoms with Crippen LogP contribution in [0.3, 0.4) is 0 Å². The molecule has 2 aromatic heterocycles. The summed E-state index contributed by atoms with van der Waals surface area (Å²) in [6.45, 7) is 8.12. The van der Waals surface area contributed by atoms with Gasteiger partial charge in [-0.25, -0.2) is 4.98 Å². The molecule has 0 radical (unpaired) electrons. The van der Waals surface area contributed by atoms with E-state index < -0.39 is 0 Å². The molecule has 0 bridgehead atoms. The SMILES string of the molecule is Cc1sc2nc(CN3CCCC3)n(CCCOc3ccc(Cl)cc3)c(=O)c2c1C. The Labute approximate surface area is 179 Å². The largest absolute Gasteiger partial charge is 0.494 e. The van der Waals surface area contributed by atoms with Crippen LogP contribution in [0.1, 0.15) is 35.5 Å². The van der Waals surface area contributed by atoms with Gasteiger partial charge in [0.1, 0.15) is 16.4 Å². The molecule has 1 saturated heterocycles. The number of benzene rings is 1. The zero-order chi connectivity index (χ0) is 20.4. The van der Waals surface area contributed by atoms with Crippen LogP contribution in [0.2, 0.25) is 5.02 Å². The molecule has 3 heterocycles. The second-order valence-corrected chi connectivity index (χ2v) is 9.23. The first-order valence-corrected chi connectivity index (χ1v) is 11.3. The summed E-state index contributed by atoms with van der Waals surface area (Å²) in [4.78, 5) is 22.7. The van der Waals surface area contributed by atoms with Crippen LogP contribution in [0.4, 0.5) is 0 Å². The van der Waals surface area contributed by atoms with Crippen molar-refractivity contribution in [1.29, 1.82) is 0 Å². The highest BCUT2D eigenvalue weighted by molar-refractivity contribution is 7.18. The van der Waals surface area contributed by atoms with E-state index in [1.807, 2.05) is 35.8 Å². The number of aromatic nitrogens is 2. The summed E-state index contributed by atoms with van der Waals surface area (Å²) < 4.78 is 7.67. The highest BCUT2D eigenvalue weighted by Crippen LogP contribution is 2.27. The van der Waals surface area contributed by atoms with Gasteiger partial charge >= 0.3 is 0 Å². The van der Waals surface area contributed by atoms with Crippen LogP contribution in [0, 0.1) is 13.8 Å². The number of hydrogen-bond donors (Lipinski definition) is 0. The molecule has 0 amide bonds. The van der Waals surface area contributed by atoms with Gasteiger partial charge in [-0.2, -0.15) is 0 Å². The lowest BCUT2D eigenvalue weighted by Crippen LogP contribution is -2.30. The van der Waals surface area contributed by atoms with E-state index in [0.717, 1.165) is 53.4 Å². The summed E-state index contributed by atoms with van der Waals surface area (Å²) in [5.74, 6) is 1.66. The van der Waals surface area contributed by atoms with E-state index in [1.165, 1.54) is 17.7 Å². The van der Waals surface area contributed by atoms with Crippen molar-refractivity contribution in [3.8, 4) is 5.75 Å². The summed E-state index contributed by atoms with van der Waals surface area (Å²) in [5.41, 5.74) is 1.14. The van der Waals surface area contributed by atoms with Crippen LogP contribution >= 0.6 is 22.9 Å². The Kier molecular flexibility index (Phi) is 6.23. The summed E-state index contributed by atoms with van der Waals surface area (Å²) in [7, 11) is 0. The van der Waals surface area contributed by atoms with Gasteiger partial charge in [0.25, 0.3) is 5.56 Å². The number of thiophene rings is 1. The summed E-state index contributed by atoms with van der Waals surface area (Å²) in [6.07, 6.45) is 3.18. The first kappa shape index (κ1) is 20.4. The Hall–Kier alpha value is -1.89. The van der Waals surface area contributed by atoms with E-state index >= 15 is 0 Å². The molecule has 1 aliphatic rings. The average Bonchev–Trinajstić information content (AvgIpc) is 3.30. The molecule has 0 aliphatic carbocycles. The number of halogens is 1. The topological polar surface area (TPSA) is 47.4 Å². The minimum atomic E-state index is 0.0811. The smallest absolute Gasteiger partial charge is 0.262 e. The molecule has 0 saturated carbocycles. The summed E-state index contributed by atoms with van der Waals surface area (Å²) in [6, 6.07) is 7.35. The third-order valence-electron chi connectivity index (χ3n) is 5.54. The standard InChI is InChI=1S/C22H26ClN3O2S/c1-15-16(2)29-21-20(15)22(27)26(19(24-21)14-25-10-3-4-11-25)12-5-13-28-18-8-6-17(23)7-9-18/h6-9H,3-5,10-14H2,1-2H3. The average molecular weight is 432 g/mol. The van der Waals surface area contributed by atoms with Crippen LogP contribution in [0.5, 0.6) is 5.75 Å². The van der Waals surface area contributed by atoms with Gasteiger partial charge in [0, 0.05) is 16.4 Å². The van der Waals surface area contributed by atoms with E-state index in [-0.39, 0.29) is 5.56 Å².